The molecule has 1 aromatic carbocycles. The third-order valence-corrected chi connectivity index (χ3v) is 3.70. The second-order valence-electron chi connectivity index (χ2n) is 3.70. The van der Waals surface area contributed by atoms with Gasteiger partial charge in [-0.15, -0.1) is 0 Å². The zero-order valence-electron chi connectivity index (χ0n) is 9.93. The van der Waals surface area contributed by atoms with Crippen molar-refractivity contribution in [3.8, 4) is 0 Å². The largest absolute Gasteiger partial charge is 0.481 e. The molecule has 19 heavy (non-hydrogen) atoms. The molecule has 1 rings (SSSR count). The van der Waals surface area contributed by atoms with E-state index in [1.807, 2.05) is 4.72 Å². The van der Waals surface area contributed by atoms with Gasteiger partial charge in [0.25, 0.3) is 0 Å². The van der Waals surface area contributed by atoms with Crippen molar-refractivity contribution < 1.29 is 27.1 Å². The molecule has 106 valence electrons. The predicted molar refractivity (Wildman–Crippen MR) is 63.8 cm³/mol. The fourth-order valence-electron chi connectivity index (χ4n) is 1.16. The molecule has 0 saturated heterocycles. The van der Waals surface area contributed by atoms with Gasteiger partial charge in [-0.3, -0.25) is 9.52 Å². The summed E-state index contributed by atoms with van der Waals surface area (Å²) >= 11 is 0. The second kappa shape index (κ2) is 5.93. The van der Waals surface area contributed by atoms with Crippen LogP contribution in [0.4, 0.5) is 14.5 Å². The van der Waals surface area contributed by atoms with Crippen molar-refractivity contribution in [1.82, 2.24) is 4.31 Å². The summed E-state index contributed by atoms with van der Waals surface area (Å²) in [5, 5.41) is 8.45. The Labute approximate surface area is 108 Å². The van der Waals surface area contributed by atoms with E-state index in [-0.39, 0.29) is 13.0 Å². The van der Waals surface area contributed by atoms with Crippen LogP contribution in [0, 0.1) is 11.6 Å². The third kappa shape index (κ3) is 4.45. The van der Waals surface area contributed by atoms with Crippen molar-refractivity contribution in [1.29, 1.82) is 0 Å². The van der Waals surface area contributed by atoms with Crippen molar-refractivity contribution in [2.75, 3.05) is 18.3 Å². The van der Waals surface area contributed by atoms with Crippen LogP contribution in [0.5, 0.6) is 0 Å². The van der Waals surface area contributed by atoms with Gasteiger partial charge in [-0.1, -0.05) is 0 Å². The number of hydrogen-bond acceptors (Lipinski definition) is 3. The van der Waals surface area contributed by atoms with E-state index >= 15 is 0 Å². The molecule has 0 saturated carbocycles. The predicted octanol–water partition coefficient (Wildman–Crippen LogP) is 1.03. The Bertz CT molecular complexity index is 577. The van der Waals surface area contributed by atoms with Gasteiger partial charge in [-0.25, -0.2) is 8.78 Å². The highest BCUT2D eigenvalue weighted by molar-refractivity contribution is 7.90. The first-order chi connectivity index (χ1) is 8.72. The molecule has 0 aliphatic carbocycles. The molecule has 6 nitrogen and oxygen atoms in total. The van der Waals surface area contributed by atoms with Gasteiger partial charge in [0.15, 0.2) is 0 Å². The van der Waals surface area contributed by atoms with E-state index in [2.05, 4.69) is 0 Å². The van der Waals surface area contributed by atoms with E-state index in [9.17, 15) is 22.0 Å². The van der Waals surface area contributed by atoms with E-state index in [4.69, 9.17) is 5.11 Å². The van der Waals surface area contributed by atoms with E-state index in [0.29, 0.717) is 6.07 Å². The van der Waals surface area contributed by atoms with Gasteiger partial charge < -0.3 is 5.11 Å². The standard InChI is InChI=1S/C10H12F2N2O4S/c1-14(5-4-10(15)16)19(17,18)13-9-3-2-7(11)6-8(9)12/h2-3,6,13H,4-5H2,1H3,(H,15,16). The van der Waals surface area contributed by atoms with Gasteiger partial charge in [0.1, 0.15) is 11.6 Å². The Morgan fingerprint density at radius 1 is 1.42 bits per heavy atom. The first-order valence-electron chi connectivity index (χ1n) is 5.13. The maximum Gasteiger partial charge on any atom is 0.304 e. The normalized spacial score (nSPS) is 11.6. The number of nitrogens with one attached hydrogen (secondary N) is 1. The molecule has 0 heterocycles. The Balaban J connectivity index is 2.81. The van der Waals surface area contributed by atoms with Crippen LogP contribution < -0.4 is 4.72 Å². The summed E-state index contributed by atoms with van der Waals surface area (Å²) in [4.78, 5) is 10.3. The van der Waals surface area contributed by atoms with E-state index < -0.39 is 33.5 Å². The van der Waals surface area contributed by atoms with Crippen LogP contribution in [0.25, 0.3) is 0 Å². The molecule has 0 atom stereocenters. The number of carbonyl (C=O) groups is 1. The fourth-order valence-corrected chi connectivity index (χ4v) is 2.09. The highest BCUT2D eigenvalue weighted by Gasteiger charge is 2.20. The van der Waals surface area contributed by atoms with Gasteiger partial charge in [-0.2, -0.15) is 12.7 Å². The zero-order valence-corrected chi connectivity index (χ0v) is 10.7. The van der Waals surface area contributed by atoms with E-state index in [1.165, 1.54) is 0 Å². The summed E-state index contributed by atoms with van der Waals surface area (Å²) in [6.07, 6.45) is -0.386. The summed E-state index contributed by atoms with van der Waals surface area (Å²) < 4.78 is 52.0. The number of benzene rings is 1. The molecule has 0 amide bonds. The summed E-state index contributed by atoms with van der Waals surface area (Å²) in [5.41, 5.74) is -0.413. The zero-order chi connectivity index (χ0) is 14.6. The lowest BCUT2D eigenvalue weighted by atomic mass is 10.3. The quantitative estimate of drug-likeness (QED) is 0.820. The Hall–Kier alpha value is -1.74. The van der Waals surface area contributed by atoms with Gasteiger partial charge in [0.2, 0.25) is 0 Å². The maximum atomic E-state index is 13.3. The highest BCUT2D eigenvalue weighted by Crippen LogP contribution is 2.17. The third-order valence-electron chi connectivity index (χ3n) is 2.22. The summed E-state index contributed by atoms with van der Waals surface area (Å²) in [6.45, 7) is -0.270. The van der Waals surface area contributed by atoms with Crippen LogP contribution in [0.3, 0.4) is 0 Å². The number of nitrogens with zero attached hydrogens (tertiary/aromatic N) is 1. The molecular formula is C10H12F2N2O4S. The minimum Gasteiger partial charge on any atom is -0.481 e. The molecule has 0 aromatic heterocycles. The van der Waals surface area contributed by atoms with Gasteiger partial charge in [0, 0.05) is 19.7 Å². The number of hydrogen-bond donors (Lipinski definition) is 2. The molecule has 0 radical (unpaired) electrons. The SMILES string of the molecule is CN(CCC(=O)O)S(=O)(=O)Nc1ccc(F)cc1F. The van der Waals surface area contributed by atoms with Crippen LogP contribution in [-0.2, 0) is 15.0 Å². The lowest BCUT2D eigenvalue weighted by Gasteiger charge is -2.17. The minimum atomic E-state index is -4.09. The van der Waals surface area contributed by atoms with Gasteiger partial charge >= 0.3 is 16.2 Å². The Morgan fingerprint density at radius 2 is 2.05 bits per heavy atom. The maximum absolute atomic E-state index is 13.3. The fraction of sp³-hybridized carbons (Fsp3) is 0.300. The molecule has 9 heteroatoms. The molecule has 0 unspecified atom stereocenters. The van der Waals surface area contributed by atoms with Gasteiger partial charge in [0.05, 0.1) is 12.1 Å². The van der Waals surface area contributed by atoms with E-state index in [0.717, 1.165) is 23.5 Å². The lowest BCUT2D eigenvalue weighted by molar-refractivity contribution is -0.137. The van der Waals surface area contributed by atoms with Crippen LogP contribution in [0.15, 0.2) is 18.2 Å². The number of halogens is 2. The number of carboxylic acids is 1. The summed E-state index contributed by atoms with van der Waals surface area (Å²) in [7, 11) is -2.94. The highest BCUT2D eigenvalue weighted by atomic mass is 32.2. The van der Waals surface area contributed by atoms with Crippen molar-refractivity contribution in [2.24, 2.45) is 0 Å². The molecule has 2 N–H and O–H groups in total. The monoisotopic (exact) mass is 294 g/mol. The number of carboxylic acid groups (broad SMARTS) is 1. The van der Waals surface area contributed by atoms with Gasteiger partial charge in [-0.05, 0) is 12.1 Å². The number of rotatable bonds is 6. The van der Waals surface area contributed by atoms with E-state index in [1.54, 1.807) is 0 Å². The van der Waals surface area contributed by atoms with Crippen LogP contribution in [0.2, 0.25) is 0 Å². The van der Waals surface area contributed by atoms with Crippen LogP contribution in [-0.4, -0.2) is 37.4 Å². The number of anilines is 1. The first-order valence-corrected chi connectivity index (χ1v) is 6.57. The Kier molecular flexibility index (Phi) is 4.78. The van der Waals surface area contributed by atoms with Crippen LogP contribution in [0.1, 0.15) is 6.42 Å². The molecule has 0 bridgehead atoms. The molecule has 0 spiro atoms. The molecule has 0 aliphatic heterocycles. The molecule has 0 fully saturated rings. The molecule has 0 aliphatic rings. The summed E-state index contributed by atoms with van der Waals surface area (Å²) in [5.74, 6) is -3.05. The molecule has 1 aromatic rings. The smallest absolute Gasteiger partial charge is 0.304 e. The van der Waals surface area contributed by atoms with Crippen molar-refractivity contribution >= 4 is 21.9 Å². The minimum absolute atomic E-state index is 0.270. The first kappa shape index (κ1) is 15.3. The molecular weight excluding hydrogens is 282 g/mol. The van der Waals surface area contributed by atoms with Crippen molar-refractivity contribution in [2.45, 2.75) is 6.42 Å². The topological polar surface area (TPSA) is 86.7 Å². The lowest BCUT2D eigenvalue weighted by Crippen LogP contribution is -2.34. The second-order valence-corrected chi connectivity index (χ2v) is 5.47. The van der Waals surface area contributed by atoms with Crippen molar-refractivity contribution in [3.05, 3.63) is 29.8 Å². The summed E-state index contributed by atoms with van der Waals surface area (Å²) in [6, 6.07) is 2.38. The average molecular weight is 294 g/mol. The Morgan fingerprint density at radius 3 is 2.58 bits per heavy atom. The number of aliphatic carboxylic acids is 1. The van der Waals surface area contributed by atoms with Crippen LogP contribution >= 0.6 is 0 Å². The van der Waals surface area contributed by atoms with Crippen molar-refractivity contribution in [3.63, 3.8) is 0 Å². The average Bonchev–Trinajstić information content (AvgIpc) is 2.29.